The van der Waals surface area contributed by atoms with Crippen LogP contribution in [0.1, 0.15) is 34.0 Å². The van der Waals surface area contributed by atoms with E-state index in [1.54, 1.807) is 23.9 Å². The van der Waals surface area contributed by atoms with E-state index < -0.39 is 0 Å². The molecule has 162 valence electrons. The number of nitrogens with one attached hydrogen (secondary N) is 1. The molecule has 0 aliphatic carbocycles. The van der Waals surface area contributed by atoms with E-state index >= 15 is 0 Å². The number of carbonyl (C=O) groups excluding carboxylic acids is 1. The molecule has 1 atom stereocenters. The van der Waals surface area contributed by atoms with Crippen molar-refractivity contribution in [2.45, 2.75) is 25.1 Å². The van der Waals surface area contributed by atoms with Crippen molar-refractivity contribution >= 4 is 28.6 Å². The summed E-state index contributed by atoms with van der Waals surface area (Å²) in [6.45, 7) is 2.78. The number of benzene rings is 3. The Hall–Kier alpha value is -3.05. The van der Waals surface area contributed by atoms with Gasteiger partial charge >= 0.3 is 0 Å². The van der Waals surface area contributed by atoms with Gasteiger partial charge in [-0.1, -0.05) is 60.2 Å². The molecule has 1 aliphatic rings. The van der Waals surface area contributed by atoms with Crippen molar-refractivity contribution in [1.82, 2.24) is 9.88 Å². The van der Waals surface area contributed by atoms with Crippen molar-refractivity contribution in [1.29, 1.82) is 0 Å². The van der Waals surface area contributed by atoms with E-state index in [2.05, 4.69) is 54.4 Å². The van der Waals surface area contributed by atoms with Crippen molar-refractivity contribution < 1.29 is 9.18 Å². The summed E-state index contributed by atoms with van der Waals surface area (Å²) in [5.41, 5.74) is 6.91. The summed E-state index contributed by atoms with van der Waals surface area (Å²) in [7, 11) is 0. The minimum absolute atomic E-state index is 0.120. The molecular formula is C27H25FN2OS. The third-order valence-electron chi connectivity index (χ3n) is 6.16. The highest BCUT2D eigenvalue weighted by molar-refractivity contribution is 7.99. The van der Waals surface area contributed by atoms with Gasteiger partial charge in [-0.15, -0.1) is 11.8 Å². The number of H-pyrrole nitrogens is 1. The Morgan fingerprint density at radius 2 is 1.81 bits per heavy atom. The lowest BCUT2D eigenvalue weighted by Gasteiger charge is -2.36. The molecule has 32 heavy (non-hydrogen) atoms. The van der Waals surface area contributed by atoms with Crippen molar-refractivity contribution in [3.05, 3.63) is 107 Å². The predicted molar refractivity (Wildman–Crippen MR) is 129 cm³/mol. The largest absolute Gasteiger partial charge is 0.356 e. The zero-order chi connectivity index (χ0) is 22.1. The number of hydrogen-bond donors (Lipinski definition) is 1. The minimum Gasteiger partial charge on any atom is -0.356 e. The van der Waals surface area contributed by atoms with E-state index in [9.17, 15) is 9.18 Å². The predicted octanol–water partition coefficient (Wildman–Crippen LogP) is 6.02. The Morgan fingerprint density at radius 1 is 1.06 bits per heavy atom. The van der Waals surface area contributed by atoms with E-state index in [-0.39, 0.29) is 17.8 Å². The molecule has 0 spiro atoms. The monoisotopic (exact) mass is 444 g/mol. The fraction of sp³-hybridized carbons (Fsp3) is 0.222. The van der Waals surface area contributed by atoms with Crippen molar-refractivity contribution in [3.63, 3.8) is 0 Å². The van der Waals surface area contributed by atoms with Crippen LogP contribution in [0.5, 0.6) is 0 Å². The van der Waals surface area contributed by atoms with Crippen LogP contribution in [0, 0.1) is 12.7 Å². The molecule has 1 amide bonds. The molecule has 2 heterocycles. The third kappa shape index (κ3) is 4.05. The number of aromatic nitrogens is 1. The summed E-state index contributed by atoms with van der Waals surface area (Å²) < 4.78 is 13.1. The molecule has 4 aromatic rings. The minimum atomic E-state index is -0.238. The highest BCUT2D eigenvalue weighted by Gasteiger charge is 2.34. The average molecular weight is 445 g/mol. The zero-order valence-corrected chi connectivity index (χ0v) is 18.8. The van der Waals surface area contributed by atoms with Gasteiger partial charge in [0.1, 0.15) is 5.82 Å². The third-order valence-corrected chi connectivity index (χ3v) is 7.14. The fourth-order valence-corrected chi connectivity index (χ4v) is 5.40. The second-order valence-electron chi connectivity index (χ2n) is 8.33. The number of hydrogen-bond acceptors (Lipinski definition) is 2. The van der Waals surface area contributed by atoms with Crippen LogP contribution in [0.3, 0.4) is 0 Å². The van der Waals surface area contributed by atoms with E-state index in [1.807, 2.05) is 11.0 Å². The second-order valence-corrected chi connectivity index (χ2v) is 9.32. The smallest absolute Gasteiger partial charge is 0.233 e. The molecule has 0 saturated carbocycles. The Balaban J connectivity index is 1.42. The summed E-state index contributed by atoms with van der Waals surface area (Å²) in [6, 6.07) is 23.2. The van der Waals surface area contributed by atoms with Gasteiger partial charge in [-0.2, -0.15) is 0 Å². The van der Waals surface area contributed by atoms with Crippen molar-refractivity contribution in [2.24, 2.45) is 0 Å². The van der Waals surface area contributed by atoms with Gasteiger partial charge in [0.05, 0.1) is 11.8 Å². The van der Waals surface area contributed by atoms with Crippen LogP contribution < -0.4 is 0 Å². The maximum Gasteiger partial charge on any atom is 0.233 e. The normalized spacial score (nSPS) is 15.7. The van der Waals surface area contributed by atoms with Crippen LogP contribution in [0.25, 0.3) is 10.9 Å². The van der Waals surface area contributed by atoms with Gasteiger partial charge in [0.25, 0.3) is 0 Å². The molecule has 0 fully saturated rings. The van der Waals surface area contributed by atoms with Gasteiger partial charge in [-0.3, -0.25) is 4.79 Å². The molecule has 1 N–H and O–H groups in total. The number of fused-ring (bicyclic) bond motifs is 3. The van der Waals surface area contributed by atoms with Gasteiger partial charge in [0.15, 0.2) is 0 Å². The number of nitrogens with zero attached hydrogens (tertiary/aromatic N) is 1. The fourth-order valence-electron chi connectivity index (χ4n) is 4.52. The topological polar surface area (TPSA) is 36.1 Å². The van der Waals surface area contributed by atoms with E-state index in [0.29, 0.717) is 18.1 Å². The molecule has 0 radical (unpaired) electrons. The van der Waals surface area contributed by atoms with Crippen molar-refractivity contribution in [3.8, 4) is 0 Å². The molecule has 0 bridgehead atoms. The van der Waals surface area contributed by atoms with Crippen LogP contribution in [-0.2, 0) is 17.0 Å². The number of para-hydroxylation sites is 1. The first-order valence-electron chi connectivity index (χ1n) is 10.9. The lowest BCUT2D eigenvalue weighted by Crippen LogP contribution is -2.41. The standard InChI is InChI=1S/C27H25FN2OS/c1-18-6-10-20(11-7-18)27-26-23(22-4-2-3-5-24(22)29-26)14-15-30(27)25(31)17-32-16-19-8-12-21(28)13-9-19/h2-13,27,29H,14-17H2,1H3. The van der Waals surface area contributed by atoms with Crippen LogP contribution in [0.2, 0.25) is 0 Å². The SMILES string of the molecule is Cc1ccc(C2c3[nH]c4ccccc4c3CCN2C(=O)CSCc2ccc(F)cc2)cc1. The van der Waals surface area contributed by atoms with Gasteiger partial charge in [-0.05, 0) is 48.2 Å². The second kappa shape index (κ2) is 8.83. The summed E-state index contributed by atoms with van der Waals surface area (Å²) >= 11 is 1.58. The van der Waals surface area contributed by atoms with E-state index in [0.717, 1.165) is 28.8 Å². The average Bonchev–Trinajstić information content (AvgIpc) is 3.19. The Kier molecular flexibility index (Phi) is 5.75. The van der Waals surface area contributed by atoms with E-state index in [4.69, 9.17) is 0 Å². The molecule has 1 aliphatic heterocycles. The molecular weight excluding hydrogens is 419 g/mol. The highest BCUT2D eigenvalue weighted by atomic mass is 32.2. The molecule has 1 aromatic heterocycles. The van der Waals surface area contributed by atoms with Crippen LogP contribution in [-0.4, -0.2) is 28.1 Å². The maximum atomic E-state index is 13.3. The summed E-state index contributed by atoms with van der Waals surface area (Å²) in [5.74, 6) is 0.979. The molecule has 3 aromatic carbocycles. The van der Waals surface area contributed by atoms with Gasteiger partial charge in [0, 0.05) is 28.9 Å². The lowest BCUT2D eigenvalue weighted by atomic mass is 9.92. The lowest BCUT2D eigenvalue weighted by molar-refractivity contribution is -0.130. The zero-order valence-electron chi connectivity index (χ0n) is 18.0. The highest BCUT2D eigenvalue weighted by Crippen LogP contribution is 2.38. The summed E-state index contributed by atoms with van der Waals surface area (Å²) in [6.07, 6.45) is 0.843. The molecule has 5 rings (SSSR count). The number of halogens is 1. The number of carbonyl (C=O) groups is 1. The maximum absolute atomic E-state index is 13.3. The molecule has 3 nitrogen and oxygen atoms in total. The number of aryl methyl sites for hydroxylation is 1. The number of rotatable bonds is 5. The Morgan fingerprint density at radius 3 is 2.59 bits per heavy atom. The Labute approximate surface area is 191 Å². The van der Waals surface area contributed by atoms with Crippen LogP contribution in [0.15, 0.2) is 72.8 Å². The molecule has 1 unspecified atom stereocenters. The van der Waals surface area contributed by atoms with Crippen LogP contribution >= 0.6 is 11.8 Å². The van der Waals surface area contributed by atoms with Gasteiger partial charge in [-0.25, -0.2) is 4.39 Å². The van der Waals surface area contributed by atoms with Gasteiger partial charge < -0.3 is 9.88 Å². The Bertz CT molecular complexity index is 1250. The van der Waals surface area contributed by atoms with Crippen molar-refractivity contribution in [2.75, 3.05) is 12.3 Å². The van der Waals surface area contributed by atoms with Gasteiger partial charge in [0.2, 0.25) is 5.91 Å². The van der Waals surface area contributed by atoms with Crippen LogP contribution in [0.4, 0.5) is 4.39 Å². The van der Waals surface area contributed by atoms with E-state index in [1.165, 1.54) is 28.6 Å². The summed E-state index contributed by atoms with van der Waals surface area (Å²) in [5, 5.41) is 1.25. The number of thioether (sulfide) groups is 1. The first kappa shape index (κ1) is 20.8. The first-order chi connectivity index (χ1) is 15.6. The molecule has 5 heteroatoms. The first-order valence-corrected chi connectivity index (χ1v) is 12.0. The number of amides is 1. The summed E-state index contributed by atoms with van der Waals surface area (Å²) in [4.78, 5) is 19.0. The quantitative estimate of drug-likeness (QED) is 0.408. The molecule has 0 saturated heterocycles. The number of aromatic amines is 1.